The fourth-order valence-corrected chi connectivity index (χ4v) is 8.23. The molecule has 0 spiro atoms. The van der Waals surface area contributed by atoms with E-state index in [1.807, 2.05) is 0 Å². The molecule has 23 nitrogen and oxygen atoms in total. The maximum atomic E-state index is 13.5. The molecule has 304 valence electrons. The number of oxime groups is 1. The van der Waals surface area contributed by atoms with Crippen molar-refractivity contribution < 1.29 is 63.6 Å². The van der Waals surface area contributed by atoms with E-state index in [9.17, 15) is 58.8 Å². The van der Waals surface area contributed by atoms with Gasteiger partial charge in [0, 0.05) is 36.9 Å². The van der Waals surface area contributed by atoms with E-state index >= 15 is 0 Å². The highest BCUT2D eigenvalue weighted by molar-refractivity contribution is 8.02. The molecule has 5 rings (SSSR count). The van der Waals surface area contributed by atoms with Gasteiger partial charge in [0.1, 0.15) is 5.69 Å². The molecule has 4 heterocycles. The number of aliphatic carboxylic acids is 2. The SMILES string of the molecule is CC(C)(O/N=C(\C(=O)CC1C(=O)N2C[C@@](C(=O)O)(N3CCN(NC(=O)CCNC(=O)/C(=N\N)c4ccc(O)c(O)c4Cl)C(=O)C3=O)S[C@H]12)c1csc(N)n1)C(=O)O. The first-order chi connectivity index (χ1) is 26.7. The molecule has 0 radical (unpaired) electrons. The molecule has 1 unspecified atom stereocenters. The number of halogens is 1. The minimum absolute atomic E-state index is 0.0434. The van der Waals surface area contributed by atoms with E-state index in [-0.39, 0.29) is 29.5 Å². The number of hydrogen-bond donors (Lipinski definition) is 8. The molecule has 3 aliphatic rings. The number of carboxylic acids is 2. The number of β-lactam (4-membered cyclic amide) rings is 1. The van der Waals surface area contributed by atoms with Crippen molar-refractivity contribution in [3.8, 4) is 11.5 Å². The van der Waals surface area contributed by atoms with Crippen LogP contribution in [0.3, 0.4) is 0 Å². The molecular formula is C31H33ClN10O13S2. The standard InChI is InChI=1S/C31H33ClN10O13S2/c1-30(2,27(51)52)55-39-20(14-10-56-29(33)36-14)16(44)9-13-23(48)40-11-31(28(53)54,57-26(13)40)41-7-8-42(25(50)24(41)49)38-17(45)5-6-35-22(47)19(37-34)12-3-4-15(43)21(46)18(12)32/h3-4,10,13,26,43,46H,5-9,11,34H2,1-2H3,(H2,33,36)(H,35,47)(H,38,45)(H,51,52)(H,53,54)/b37-19-,39-20-/t13?,26-,31-/m1/s1. The monoisotopic (exact) mass is 852 g/mol. The summed E-state index contributed by atoms with van der Waals surface area (Å²) in [5.74, 6) is -5.78. The molecule has 5 amide bonds. The maximum Gasteiger partial charge on any atom is 0.350 e. The Hall–Kier alpha value is -6.21. The molecule has 0 aliphatic carbocycles. The van der Waals surface area contributed by atoms with Gasteiger partial charge in [-0.3, -0.25) is 34.2 Å². The number of carboxylic acid groups (broad SMARTS) is 2. The van der Waals surface area contributed by atoms with Gasteiger partial charge < -0.3 is 52.0 Å². The molecule has 1 aromatic carbocycles. The summed E-state index contributed by atoms with van der Waals surface area (Å²) in [6, 6.07) is 2.22. The lowest BCUT2D eigenvalue weighted by atomic mass is 9.90. The number of benzene rings is 1. The first-order valence-electron chi connectivity index (χ1n) is 16.4. The highest BCUT2D eigenvalue weighted by Gasteiger charge is 2.66. The van der Waals surface area contributed by atoms with Crippen molar-refractivity contribution in [2.24, 2.45) is 22.0 Å². The van der Waals surface area contributed by atoms with Gasteiger partial charge in [-0.2, -0.15) is 5.10 Å². The van der Waals surface area contributed by atoms with Crippen molar-refractivity contribution in [3.05, 3.63) is 33.8 Å². The second-order valence-corrected chi connectivity index (χ2v) is 15.6. The summed E-state index contributed by atoms with van der Waals surface area (Å²) in [6.45, 7) is 0.752. The molecule has 3 aliphatic heterocycles. The minimum Gasteiger partial charge on any atom is -0.504 e. The Bertz CT molecular complexity index is 2150. The van der Waals surface area contributed by atoms with Crippen LogP contribution in [0.5, 0.6) is 11.5 Å². The van der Waals surface area contributed by atoms with Crippen molar-refractivity contribution in [3.63, 3.8) is 0 Å². The van der Waals surface area contributed by atoms with Crippen LogP contribution in [0.2, 0.25) is 5.02 Å². The number of nitrogen functional groups attached to an aromatic ring is 1. The molecule has 2 aromatic rings. The molecule has 3 fully saturated rings. The fourth-order valence-electron chi connectivity index (χ4n) is 5.73. The van der Waals surface area contributed by atoms with Gasteiger partial charge in [-0.05, 0) is 26.0 Å². The highest BCUT2D eigenvalue weighted by Crippen LogP contribution is 2.52. The number of carbonyl (C=O) groups is 8. The van der Waals surface area contributed by atoms with Crippen molar-refractivity contribution in [2.45, 2.75) is 42.5 Å². The lowest BCUT2D eigenvalue weighted by Gasteiger charge is -2.41. The van der Waals surface area contributed by atoms with Crippen molar-refractivity contribution >= 4 is 98.5 Å². The highest BCUT2D eigenvalue weighted by atomic mass is 35.5. The summed E-state index contributed by atoms with van der Waals surface area (Å²) in [5.41, 5.74) is 5.04. The number of nitrogens with zero attached hydrogens (tertiary/aromatic N) is 6. The van der Waals surface area contributed by atoms with Gasteiger partial charge in [0.15, 0.2) is 33.8 Å². The zero-order valence-electron chi connectivity index (χ0n) is 29.6. The smallest absolute Gasteiger partial charge is 0.350 e. The predicted octanol–water partition coefficient (Wildman–Crippen LogP) is -1.78. The number of nitrogens with one attached hydrogen (secondary N) is 2. The number of ketones is 1. The first-order valence-corrected chi connectivity index (χ1v) is 18.5. The van der Waals surface area contributed by atoms with E-state index in [1.54, 1.807) is 0 Å². The predicted molar refractivity (Wildman–Crippen MR) is 197 cm³/mol. The third kappa shape index (κ3) is 8.06. The number of nitrogens with two attached hydrogens (primary N) is 2. The Morgan fingerprint density at radius 3 is 2.42 bits per heavy atom. The largest absolute Gasteiger partial charge is 0.504 e. The molecule has 1 aromatic heterocycles. The van der Waals surface area contributed by atoms with Crippen LogP contribution in [0.15, 0.2) is 27.8 Å². The number of anilines is 1. The summed E-state index contributed by atoms with van der Waals surface area (Å²) in [6.07, 6.45) is -0.962. The van der Waals surface area contributed by atoms with Crippen molar-refractivity contribution in [2.75, 3.05) is 31.9 Å². The summed E-state index contributed by atoms with van der Waals surface area (Å²) >= 11 is 7.60. The van der Waals surface area contributed by atoms with Crippen LogP contribution >= 0.6 is 34.7 Å². The number of thiazole rings is 1. The second-order valence-electron chi connectivity index (χ2n) is 12.9. The number of amides is 5. The van der Waals surface area contributed by atoms with E-state index in [4.69, 9.17) is 28.0 Å². The van der Waals surface area contributed by atoms with E-state index in [0.29, 0.717) is 16.8 Å². The van der Waals surface area contributed by atoms with Gasteiger partial charge in [0.2, 0.25) is 22.3 Å². The normalized spacial score (nSPS) is 21.2. The fraction of sp³-hybridized carbons (Fsp3) is 0.387. The zero-order chi connectivity index (χ0) is 42.1. The Morgan fingerprint density at radius 1 is 1.11 bits per heavy atom. The van der Waals surface area contributed by atoms with Crippen molar-refractivity contribution in [1.82, 2.24) is 30.5 Å². The number of fused-ring (bicyclic) bond motifs is 1. The Kier molecular flexibility index (Phi) is 11.8. The van der Waals surface area contributed by atoms with Gasteiger partial charge in [-0.25, -0.2) is 19.6 Å². The van der Waals surface area contributed by atoms with Crippen LogP contribution in [0.25, 0.3) is 0 Å². The molecular weight excluding hydrogens is 820 g/mol. The number of aromatic nitrogens is 1. The quantitative estimate of drug-likeness (QED) is 0.0245. The molecule has 3 saturated heterocycles. The third-order valence-electron chi connectivity index (χ3n) is 8.85. The zero-order valence-corrected chi connectivity index (χ0v) is 32.0. The molecule has 26 heteroatoms. The summed E-state index contributed by atoms with van der Waals surface area (Å²) in [5, 5.41) is 49.4. The molecule has 10 N–H and O–H groups in total. The number of piperazine rings is 1. The van der Waals surface area contributed by atoms with Crippen molar-refractivity contribution in [1.29, 1.82) is 0 Å². The molecule has 3 atom stereocenters. The minimum atomic E-state index is -2.15. The summed E-state index contributed by atoms with van der Waals surface area (Å²) in [4.78, 5) is 112. The van der Waals surface area contributed by atoms with Gasteiger partial charge in [-0.15, -0.1) is 11.3 Å². The van der Waals surface area contributed by atoms with E-state index in [0.717, 1.165) is 27.2 Å². The Morgan fingerprint density at radius 2 is 1.81 bits per heavy atom. The number of hydrazone groups is 1. The van der Waals surface area contributed by atoms with Gasteiger partial charge in [0.25, 0.3) is 5.91 Å². The molecule has 57 heavy (non-hydrogen) atoms. The Balaban J connectivity index is 1.20. The number of carbonyl (C=O) groups excluding carboxylic acids is 6. The Labute approximate surface area is 333 Å². The van der Waals surface area contributed by atoms with Gasteiger partial charge >= 0.3 is 23.8 Å². The van der Waals surface area contributed by atoms with Crippen LogP contribution in [0, 0.1) is 5.92 Å². The van der Waals surface area contributed by atoms with Crippen LogP contribution in [-0.4, -0.2) is 141 Å². The third-order valence-corrected chi connectivity index (χ3v) is 11.6. The summed E-state index contributed by atoms with van der Waals surface area (Å²) < 4.78 is 0. The molecule has 0 saturated carbocycles. The van der Waals surface area contributed by atoms with E-state index in [2.05, 4.69) is 26.0 Å². The molecule has 0 bridgehead atoms. The van der Waals surface area contributed by atoms with E-state index < -0.39 is 123 Å². The number of aromatic hydroxyl groups is 2. The number of rotatable bonds is 15. The number of hydrogen-bond acceptors (Lipinski definition) is 18. The van der Waals surface area contributed by atoms with Crippen LogP contribution in [-0.2, 0) is 43.2 Å². The van der Waals surface area contributed by atoms with Crippen LogP contribution in [0.4, 0.5) is 5.13 Å². The number of thioether (sulfide) groups is 1. The number of phenols is 2. The summed E-state index contributed by atoms with van der Waals surface area (Å²) in [7, 11) is 0. The first kappa shape index (κ1) is 41.9. The second kappa shape index (κ2) is 16.1. The average molecular weight is 853 g/mol. The number of phenolic OH excluding ortho intramolecular Hbond substituents is 2. The topological polar surface area (TPSA) is 350 Å². The van der Waals surface area contributed by atoms with Gasteiger partial charge in [0.05, 0.1) is 29.4 Å². The lowest BCUT2D eigenvalue weighted by Crippen LogP contribution is -2.67. The van der Waals surface area contributed by atoms with Crippen LogP contribution in [0.1, 0.15) is 37.9 Å². The number of hydrazine groups is 1. The average Bonchev–Trinajstić information content (AvgIpc) is 3.75. The maximum absolute atomic E-state index is 13.5. The lowest BCUT2D eigenvalue weighted by molar-refractivity contribution is -0.168. The van der Waals surface area contributed by atoms with E-state index in [1.165, 1.54) is 25.3 Å². The number of Topliss-reactive ketones (excluding diaryl/α,β-unsaturated/α-hetero) is 1. The van der Waals surface area contributed by atoms with Gasteiger partial charge in [-0.1, -0.05) is 28.5 Å². The van der Waals surface area contributed by atoms with Crippen LogP contribution < -0.4 is 22.3 Å².